The van der Waals surface area contributed by atoms with Crippen LogP contribution in [0.4, 0.5) is 17.1 Å². The Hall–Kier alpha value is -2.69. The molecule has 0 spiro atoms. The number of hydrogen-bond donors (Lipinski definition) is 3. The van der Waals surface area contributed by atoms with Crippen molar-refractivity contribution in [3.8, 4) is 11.1 Å². The lowest BCUT2D eigenvalue weighted by molar-refractivity contribution is 0.0697. The molecule has 126 valence electrons. The summed E-state index contributed by atoms with van der Waals surface area (Å²) in [5.74, 6) is -1.01. The SMILES string of the molecule is Nc1ccc(C(=O)O)cc1Nc1cccc(-c2cc(Cl)cc(Cl)c2)c1. The second-order valence-electron chi connectivity index (χ2n) is 5.47. The Morgan fingerprint density at radius 3 is 2.32 bits per heavy atom. The zero-order chi connectivity index (χ0) is 18.0. The minimum Gasteiger partial charge on any atom is -0.478 e. The maximum absolute atomic E-state index is 11.1. The van der Waals surface area contributed by atoms with Crippen LogP contribution in [0.1, 0.15) is 10.4 Å². The zero-order valence-electron chi connectivity index (χ0n) is 13.0. The fraction of sp³-hybridized carbons (Fsp3) is 0. The van der Waals surface area contributed by atoms with Crippen molar-refractivity contribution in [3.05, 3.63) is 76.3 Å². The molecule has 0 saturated heterocycles. The highest BCUT2D eigenvalue weighted by molar-refractivity contribution is 6.35. The molecule has 0 saturated carbocycles. The monoisotopic (exact) mass is 372 g/mol. The first kappa shape index (κ1) is 17.1. The molecule has 0 heterocycles. The van der Waals surface area contributed by atoms with Crippen LogP contribution in [-0.4, -0.2) is 11.1 Å². The van der Waals surface area contributed by atoms with Crippen LogP contribution in [0.15, 0.2) is 60.7 Å². The normalized spacial score (nSPS) is 10.5. The fourth-order valence-electron chi connectivity index (χ4n) is 2.45. The number of aromatic carboxylic acids is 1. The lowest BCUT2D eigenvalue weighted by atomic mass is 10.0. The van der Waals surface area contributed by atoms with Crippen molar-refractivity contribution in [3.63, 3.8) is 0 Å². The van der Waals surface area contributed by atoms with Gasteiger partial charge >= 0.3 is 5.97 Å². The number of nitrogens with two attached hydrogens (primary N) is 1. The van der Waals surface area contributed by atoms with Crippen LogP contribution >= 0.6 is 23.2 Å². The van der Waals surface area contributed by atoms with Crippen LogP contribution < -0.4 is 11.1 Å². The highest BCUT2D eigenvalue weighted by Crippen LogP contribution is 2.31. The predicted octanol–water partition coefficient (Wildman–Crippen LogP) is 5.68. The van der Waals surface area contributed by atoms with E-state index < -0.39 is 5.97 Å². The Kier molecular flexibility index (Phi) is 4.83. The Bertz CT molecular complexity index is 938. The maximum atomic E-state index is 11.1. The number of carbonyl (C=O) groups is 1. The van der Waals surface area contributed by atoms with Crippen LogP contribution in [0.25, 0.3) is 11.1 Å². The molecular weight excluding hydrogens is 359 g/mol. The van der Waals surface area contributed by atoms with E-state index in [1.807, 2.05) is 36.4 Å². The molecule has 0 aliphatic heterocycles. The molecule has 6 heteroatoms. The third-order valence-corrected chi connectivity index (χ3v) is 4.07. The molecule has 0 amide bonds. The van der Waals surface area contributed by atoms with Gasteiger partial charge in [0.05, 0.1) is 16.9 Å². The molecule has 4 N–H and O–H groups in total. The smallest absolute Gasteiger partial charge is 0.335 e. The Balaban J connectivity index is 1.95. The molecule has 3 aromatic rings. The first-order chi connectivity index (χ1) is 11.9. The van der Waals surface area contributed by atoms with Gasteiger partial charge in [-0.3, -0.25) is 0 Å². The van der Waals surface area contributed by atoms with E-state index in [1.165, 1.54) is 12.1 Å². The number of carboxylic acids is 1. The first-order valence-corrected chi connectivity index (χ1v) is 8.14. The standard InChI is InChI=1S/C19H14Cl2N2O2/c20-14-6-13(7-15(21)10-14)11-2-1-3-16(8-11)23-18-9-12(19(24)25)4-5-17(18)22/h1-10,23H,22H2,(H,24,25). The first-order valence-electron chi connectivity index (χ1n) is 7.39. The van der Waals surface area contributed by atoms with Crippen LogP contribution in [0, 0.1) is 0 Å². The second kappa shape index (κ2) is 7.05. The van der Waals surface area contributed by atoms with Gasteiger partial charge < -0.3 is 16.2 Å². The molecule has 0 atom stereocenters. The fourth-order valence-corrected chi connectivity index (χ4v) is 2.98. The van der Waals surface area contributed by atoms with Crippen molar-refractivity contribution in [2.45, 2.75) is 0 Å². The van der Waals surface area contributed by atoms with Crippen LogP contribution in [-0.2, 0) is 0 Å². The van der Waals surface area contributed by atoms with Crippen molar-refractivity contribution in [1.29, 1.82) is 0 Å². The molecule has 0 fully saturated rings. The third kappa shape index (κ3) is 4.05. The van der Waals surface area contributed by atoms with Gasteiger partial charge in [0.2, 0.25) is 0 Å². The minimum absolute atomic E-state index is 0.162. The summed E-state index contributed by atoms with van der Waals surface area (Å²) >= 11 is 12.1. The van der Waals surface area contributed by atoms with Gasteiger partial charge in [-0.15, -0.1) is 0 Å². The van der Waals surface area contributed by atoms with E-state index >= 15 is 0 Å². The van der Waals surface area contributed by atoms with Gasteiger partial charge in [0.25, 0.3) is 0 Å². The van der Waals surface area contributed by atoms with Crippen molar-refractivity contribution >= 4 is 46.2 Å². The van der Waals surface area contributed by atoms with Gasteiger partial charge in [0.1, 0.15) is 0 Å². The average molecular weight is 373 g/mol. The largest absolute Gasteiger partial charge is 0.478 e. The van der Waals surface area contributed by atoms with E-state index in [0.29, 0.717) is 21.4 Å². The van der Waals surface area contributed by atoms with Crippen molar-refractivity contribution in [2.24, 2.45) is 0 Å². The summed E-state index contributed by atoms with van der Waals surface area (Å²) in [5.41, 5.74) is 9.65. The van der Waals surface area contributed by atoms with Crippen molar-refractivity contribution < 1.29 is 9.90 Å². The molecular formula is C19H14Cl2N2O2. The van der Waals surface area contributed by atoms with Gasteiger partial charge in [-0.05, 0) is 59.7 Å². The summed E-state index contributed by atoms with van der Waals surface area (Å²) in [7, 11) is 0. The predicted molar refractivity (Wildman–Crippen MR) is 103 cm³/mol. The van der Waals surface area contributed by atoms with Crippen LogP contribution in [0.3, 0.4) is 0 Å². The molecule has 0 unspecified atom stereocenters. The van der Waals surface area contributed by atoms with Gasteiger partial charge in [0, 0.05) is 15.7 Å². The van der Waals surface area contributed by atoms with E-state index in [2.05, 4.69) is 5.32 Å². The quantitative estimate of drug-likeness (QED) is 0.514. The lowest BCUT2D eigenvalue weighted by Crippen LogP contribution is -2.01. The molecule has 0 aliphatic carbocycles. The van der Waals surface area contributed by atoms with E-state index in [4.69, 9.17) is 34.0 Å². The van der Waals surface area contributed by atoms with Gasteiger partial charge in [0.15, 0.2) is 0 Å². The van der Waals surface area contributed by atoms with Crippen LogP contribution in [0.5, 0.6) is 0 Å². The van der Waals surface area contributed by atoms with E-state index in [-0.39, 0.29) is 5.56 Å². The number of anilines is 3. The van der Waals surface area contributed by atoms with Gasteiger partial charge in [-0.2, -0.15) is 0 Å². The molecule has 25 heavy (non-hydrogen) atoms. The summed E-state index contributed by atoms with van der Waals surface area (Å²) in [6.07, 6.45) is 0. The maximum Gasteiger partial charge on any atom is 0.335 e. The highest BCUT2D eigenvalue weighted by Gasteiger charge is 2.08. The summed E-state index contributed by atoms with van der Waals surface area (Å²) in [5, 5.41) is 13.4. The summed E-state index contributed by atoms with van der Waals surface area (Å²) in [6, 6.07) is 17.4. The number of hydrogen-bond acceptors (Lipinski definition) is 3. The summed E-state index contributed by atoms with van der Waals surface area (Å²) in [4.78, 5) is 11.1. The molecule has 0 aromatic heterocycles. The summed E-state index contributed by atoms with van der Waals surface area (Å²) < 4.78 is 0. The lowest BCUT2D eigenvalue weighted by Gasteiger charge is -2.12. The number of nitrogen functional groups attached to an aromatic ring is 1. The second-order valence-corrected chi connectivity index (χ2v) is 6.34. The third-order valence-electron chi connectivity index (χ3n) is 3.64. The van der Waals surface area contributed by atoms with Crippen molar-refractivity contribution in [2.75, 3.05) is 11.1 Å². The number of nitrogens with one attached hydrogen (secondary N) is 1. The molecule has 0 radical (unpaired) electrons. The number of benzene rings is 3. The Labute approximate surface area is 154 Å². The van der Waals surface area contributed by atoms with E-state index in [9.17, 15) is 4.79 Å². The minimum atomic E-state index is -1.01. The molecule has 0 bridgehead atoms. The number of carboxylic acid groups (broad SMARTS) is 1. The average Bonchev–Trinajstić information content (AvgIpc) is 2.56. The molecule has 4 nitrogen and oxygen atoms in total. The summed E-state index contributed by atoms with van der Waals surface area (Å²) in [6.45, 7) is 0. The van der Waals surface area contributed by atoms with E-state index in [1.54, 1.807) is 12.1 Å². The molecule has 3 rings (SSSR count). The topological polar surface area (TPSA) is 75.4 Å². The van der Waals surface area contributed by atoms with Gasteiger partial charge in [-0.1, -0.05) is 35.3 Å². The van der Waals surface area contributed by atoms with Gasteiger partial charge in [-0.25, -0.2) is 4.79 Å². The zero-order valence-corrected chi connectivity index (χ0v) is 14.5. The number of halogens is 2. The number of rotatable bonds is 4. The van der Waals surface area contributed by atoms with E-state index in [0.717, 1.165) is 16.8 Å². The molecule has 3 aromatic carbocycles. The van der Waals surface area contributed by atoms with Crippen molar-refractivity contribution in [1.82, 2.24) is 0 Å². The van der Waals surface area contributed by atoms with Crippen LogP contribution in [0.2, 0.25) is 10.0 Å². The Morgan fingerprint density at radius 1 is 0.920 bits per heavy atom. The molecule has 0 aliphatic rings. The Morgan fingerprint density at radius 2 is 1.64 bits per heavy atom. The highest BCUT2D eigenvalue weighted by atomic mass is 35.5.